The average Bonchev–Trinajstić information content (AvgIpc) is 2.75. The largest absolute Gasteiger partial charge is 0.382 e. The van der Waals surface area contributed by atoms with Gasteiger partial charge in [-0.2, -0.15) is 5.10 Å². The molecular formula is C14H13N3. The van der Waals surface area contributed by atoms with Gasteiger partial charge >= 0.3 is 0 Å². The lowest BCUT2D eigenvalue weighted by Crippen LogP contribution is -2.01. The number of benzene rings is 2. The van der Waals surface area contributed by atoms with Gasteiger partial charge in [-0.25, -0.2) is 0 Å². The zero-order chi connectivity index (χ0) is 11.7. The highest BCUT2D eigenvalue weighted by molar-refractivity contribution is 5.85. The Morgan fingerprint density at radius 3 is 2.65 bits per heavy atom. The highest BCUT2D eigenvalue weighted by Gasteiger charge is 2.01. The first-order valence-corrected chi connectivity index (χ1v) is 5.58. The molecule has 84 valence electrons. The van der Waals surface area contributed by atoms with Crippen LogP contribution in [0.5, 0.6) is 0 Å². The summed E-state index contributed by atoms with van der Waals surface area (Å²) in [6, 6.07) is 16.5. The molecule has 3 nitrogen and oxygen atoms in total. The van der Waals surface area contributed by atoms with Crippen molar-refractivity contribution in [1.29, 1.82) is 0 Å². The van der Waals surface area contributed by atoms with Gasteiger partial charge < -0.3 is 5.73 Å². The summed E-state index contributed by atoms with van der Waals surface area (Å²) < 4.78 is 1.86. The minimum atomic E-state index is 0.560. The van der Waals surface area contributed by atoms with Crippen LogP contribution in [0.15, 0.2) is 54.7 Å². The van der Waals surface area contributed by atoms with Gasteiger partial charge in [0.15, 0.2) is 0 Å². The van der Waals surface area contributed by atoms with Crippen molar-refractivity contribution in [2.75, 3.05) is 5.73 Å². The quantitative estimate of drug-likeness (QED) is 0.725. The second-order valence-electron chi connectivity index (χ2n) is 4.08. The van der Waals surface area contributed by atoms with E-state index in [9.17, 15) is 0 Å². The molecule has 2 N–H and O–H groups in total. The number of hydrogen-bond acceptors (Lipinski definition) is 2. The predicted molar refractivity (Wildman–Crippen MR) is 69.7 cm³/mol. The van der Waals surface area contributed by atoms with E-state index < -0.39 is 0 Å². The predicted octanol–water partition coefficient (Wildman–Crippen LogP) is 2.67. The Balaban J connectivity index is 2.05. The molecule has 0 spiro atoms. The van der Waals surface area contributed by atoms with Crippen molar-refractivity contribution in [3.8, 4) is 0 Å². The standard InChI is InChI=1S/C14H13N3/c15-14-8-9-17(16-14)10-12-6-3-5-11-4-1-2-7-13(11)12/h1-9H,10H2,(H2,15,16). The molecule has 3 aromatic rings. The lowest BCUT2D eigenvalue weighted by atomic mass is 10.0. The molecule has 3 rings (SSSR count). The third kappa shape index (κ3) is 1.87. The molecule has 3 heteroatoms. The van der Waals surface area contributed by atoms with Crippen LogP contribution in [0.25, 0.3) is 10.8 Å². The fourth-order valence-electron chi connectivity index (χ4n) is 2.07. The van der Waals surface area contributed by atoms with Crippen LogP contribution in [-0.4, -0.2) is 9.78 Å². The molecule has 0 aliphatic carbocycles. The number of nitrogen functional groups attached to an aromatic ring is 1. The van der Waals surface area contributed by atoms with Gasteiger partial charge in [-0.05, 0) is 22.4 Å². The van der Waals surface area contributed by atoms with Crippen LogP contribution in [0.4, 0.5) is 5.82 Å². The Morgan fingerprint density at radius 1 is 1.00 bits per heavy atom. The Kier molecular flexibility index (Phi) is 2.29. The molecule has 17 heavy (non-hydrogen) atoms. The topological polar surface area (TPSA) is 43.8 Å². The Labute approximate surface area is 99.5 Å². The minimum absolute atomic E-state index is 0.560. The van der Waals surface area contributed by atoms with Crippen molar-refractivity contribution in [2.24, 2.45) is 0 Å². The molecule has 0 aliphatic heterocycles. The van der Waals surface area contributed by atoms with E-state index in [0.29, 0.717) is 5.82 Å². The van der Waals surface area contributed by atoms with Crippen LogP contribution < -0.4 is 5.73 Å². The lowest BCUT2D eigenvalue weighted by molar-refractivity contribution is 0.693. The van der Waals surface area contributed by atoms with E-state index >= 15 is 0 Å². The number of hydrogen-bond donors (Lipinski definition) is 1. The number of anilines is 1. The number of nitrogens with zero attached hydrogens (tertiary/aromatic N) is 2. The van der Waals surface area contributed by atoms with Crippen molar-refractivity contribution in [2.45, 2.75) is 6.54 Å². The molecule has 0 amide bonds. The van der Waals surface area contributed by atoms with Gasteiger partial charge in [0.2, 0.25) is 0 Å². The number of fused-ring (bicyclic) bond motifs is 1. The zero-order valence-electron chi connectivity index (χ0n) is 9.38. The Hall–Kier alpha value is -2.29. The summed E-state index contributed by atoms with van der Waals surface area (Å²) in [6.45, 7) is 0.749. The summed E-state index contributed by atoms with van der Waals surface area (Å²) in [5, 5.41) is 6.73. The summed E-state index contributed by atoms with van der Waals surface area (Å²) in [5.74, 6) is 0.560. The normalized spacial score (nSPS) is 10.8. The fraction of sp³-hybridized carbons (Fsp3) is 0.0714. The maximum atomic E-state index is 5.61. The SMILES string of the molecule is Nc1ccn(Cc2cccc3ccccc23)n1. The maximum Gasteiger partial charge on any atom is 0.145 e. The average molecular weight is 223 g/mol. The third-order valence-corrected chi connectivity index (χ3v) is 2.87. The van der Waals surface area contributed by atoms with Gasteiger partial charge in [0.25, 0.3) is 0 Å². The van der Waals surface area contributed by atoms with Crippen LogP contribution in [0, 0.1) is 0 Å². The third-order valence-electron chi connectivity index (χ3n) is 2.87. The van der Waals surface area contributed by atoms with Crippen molar-refractivity contribution in [3.63, 3.8) is 0 Å². The molecule has 0 aliphatic rings. The minimum Gasteiger partial charge on any atom is -0.382 e. The van der Waals surface area contributed by atoms with Crippen LogP contribution in [0.1, 0.15) is 5.56 Å². The molecule has 0 atom stereocenters. The first kappa shape index (κ1) is 9.90. The second kappa shape index (κ2) is 3.94. The van der Waals surface area contributed by atoms with Crippen molar-refractivity contribution in [1.82, 2.24) is 9.78 Å². The zero-order valence-corrected chi connectivity index (χ0v) is 9.38. The number of nitrogens with two attached hydrogens (primary N) is 1. The summed E-state index contributed by atoms with van der Waals surface area (Å²) in [7, 11) is 0. The van der Waals surface area contributed by atoms with Gasteiger partial charge in [0, 0.05) is 6.20 Å². The van der Waals surface area contributed by atoms with Gasteiger partial charge in [0.05, 0.1) is 6.54 Å². The molecule has 2 aromatic carbocycles. The number of rotatable bonds is 2. The first-order chi connectivity index (χ1) is 8.33. The van der Waals surface area contributed by atoms with Crippen molar-refractivity contribution >= 4 is 16.6 Å². The van der Waals surface area contributed by atoms with Crippen molar-refractivity contribution < 1.29 is 0 Å². The van der Waals surface area contributed by atoms with Crippen LogP contribution in [0.3, 0.4) is 0 Å². The summed E-state index contributed by atoms with van der Waals surface area (Å²) in [4.78, 5) is 0. The molecule has 1 heterocycles. The van der Waals surface area contributed by atoms with E-state index in [4.69, 9.17) is 5.73 Å². The van der Waals surface area contributed by atoms with Crippen LogP contribution >= 0.6 is 0 Å². The molecule has 0 unspecified atom stereocenters. The Morgan fingerprint density at radius 2 is 1.82 bits per heavy atom. The monoisotopic (exact) mass is 223 g/mol. The summed E-state index contributed by atoms with van der Waals surface area (Å²) in [6.07, 6.45) is 1.90. The van der Waals surface area contributed by atoms with Gasteiger partial charge in [-0.3, -0.25) is 4.68 Å². The van der Waals surface area contributed by atoms with Crippen LogP contribution in [0.2, 0.25) is 0 Å². The van der Waals surface area contributed by atoms with E-state index in [1.807, 2.05) is 16.9 Å². The molecule has 0 saturated heterocycles. The molecule has 0 saturated carbocycles. The summed E-state index contributed by atoms with van der Waals surface area (Å²) in [5.41, 5.74) is 6.87. The molecule has 0 bridgehead atoms. The van der Waals surface area contributed by atoms with E-state index in [-0.39, 0.29) is 0 Å². The number of aromatic nitrogens is 2. The molecule has 0 fully saturated rings. The first-order valence-electron chi connectivity index (χ1n) is 5.58. The van der Waals surface area contributed by atoms with Crippen LogP contribution in [-0.2, 0) is 6.54 Å². The summed E-state index contributed by atoms with van der Waals surface area (Å²) >= 11 is 0. The van der Waals surface area contributed by atoms with E-state index in [1.54, 1.807) is 0 Å². The van der Waals surface area contributed by atoms with Gasteiger partial charge in [-0.1, -0.05) is 42.5 Å². The lowest BCUT2D eigenvalue weighted by Gasteiger charge is -2.06. The second-order valence-corrected chi connectivity index (χ2v) is 4.08. The maximum absolute atomic E-state index is 5.61. The molecular weight excluding hydrogens is 210 g/mol. The molecule has 1 aromatic heterocycles. The smallest absolute Gasteiger partial charge is 0.145 e. The highest BCUT2D eigenvalue weighted by atomic mass is 15.3. The molecule has 0 radical (unpaired) electrons. The van der Waals surface area contributed by atoms with E-state index in [1.165, 1.54) is 16.3 Å². The fourth-order valence-corrected chi connectivity index (χ4v) is 2.07. The Bertz CT molecular complexity index is 650. The van der Waals surface area contributed by atoms with E-state index in [2.05, 4.69) is 47.6 Å². The van der Waals surface area contributed by atoms with Gasteiger partial charge in [-0.15, -0.1) is 0 Å². The van der Waals surface area contributed by atoms with E-state index in [0.717, 1.165) is 6.54 Å². The van der Waals surface area contributed by atoms with Crippen molar-refractivity contribution in [3.05, 3.63) is 60.3 Å². The van der Waals surface area contributed by atoms with Gasteiger partial charge in [0.1, 0.15) is 5.82 Å². The highest BCUT2D eigenvalue weighted by Crippen LogP contribution is 2.19.